The van der Waals surface area contributed by atoms with E-state index in [0.29, 0.717) is 0 Å². The third kappa shape index (κ3) is 1.84. The normalized spacial score (nSPS) is 15.6. The maximum absolute atomic E-state index is 10.7. The number of nitro groups is 2. The molecule has 0 radical (unpaired) electrons. The van der Waals surface area contributed by atoms with Gasteiger partial charge in [-0.05, 0) is 0 Å². The Balaban J connectivity index is 2.58. The molecule has 2 rings (SSSR count). The van der Waals surface area contributed by atoms with E-state index in [4.69, 9.17) is 9.47 Å². The predicted molar refractivity (Wildman–Crippen MR) is 55.1 cm³/mol. The number of nitro benzene ring substituents is 2. The molecule has 8 heteroatoms. The van der Waals surface area contributed by atoms with E-state index in [1.807, 2.05) is 0 Å². The van der Waals surface area contributed by atoms with Gasteiger partial charge in [0, 0.05) is 13.8 Å². The Hall–Kier alpha value is -2.38. The zero-order chi connectivity index (χ0) is 12.8. The molecule has 0 bridgehead atoms. The highest BCUT2D eigenvalue weighted by Crippen LogP contribution is 2.45. The molecule has 0 amide bonds. The van der Waals surface area contributed by atoms with E-state index in [-0.39, 0.29) is 11.5 Å². The topological polar surface area (TPSA) is 105 Å². The Kier molecular flexibility index (Phi) is 2.16. The van der Waals surface area contributed by atoms with E-state index >= 15 is 0 Å². The number of fused-ring (bicyclic) bond motifs is 1. The van der Waals surface area contributed by atoms with Crippen molar-refractivity contribution in [3.63, 3.8) is 0 Å². The second-order valence-corrected chi connectivity index (χ2v) is 3.91. The van der Waals surface area contributed by atoms with Crippen molar-refractivity contribution in [1.82, 2.24) is 0 Å². The average molecular weight is 240 g/mol. The Labute approximate surface area is 95.1 Å². The van der Waals surface area contributed by atoms with Gasteiger partial charge in [-0.3, -0.25) is 20.2 Å². The number of nitrogens with zero attached hydrogens (tertiary/aromatic N) is 2. The fourth-order valence-electron chi connectivity index (χ4n) is 1.54. The summed E-state index contributed by atoms with van der Waals surface area (Å²) in [7, 11) is 0. The quantitative estimate of drug-likeness (QED) is 0.578. The molecule has 0 spiro atoms. The van der Waals surface area contributed by atoms with Crippen LogP contribution in [0.1, 0.15) is 13.8 Å². The molecule has 0 saturated carbocycles. The summed E-state index contributed by atoms with van der Waals surface area (Å²) < 4.78 is 10.5. The summed E-state index contributed by atoms with van der Waals surface area (Å²) >= 11 is 0. The molecular formula is C9H8N2O6. The standard InChI is InChI=1S/C9H8N2O6/c1-9(2)16-7-3-5(10(12)13)6(11(14)15)4-8(7)17-9/h3-4H,1-2H3. The average Bonchev–Trinajstić information content (AvgIpc) is 2.48. The lowest BCUT2D eigenvalue weighted by molar-refractivity contribution is -0.422. The smallest absolute Gasteiger partial charge is 0.350 e. The molecule has 0 unspecified atom stereocenters. The van der Waals surface area contributed by atoms with Gasteiger partial charge < -0.3 is 9.47 Å². The molecule has 1 aliphatic rings. The van der Waals surface area contributed by atoms with E-state index in [2.05, 4.69) is 0 Å². The Bertz CT molecular complexity index is 479. The lowest BCUT2D eigenvalue weighted by Gasteiger charge is -2.15. The van der Waals surface area contributed by atoms with Gasteiger partial charge in [-0.2, -0.15) is 0 Å². The molecule has 8 nitrogen and oxygen atoms in total. The first-order valence-corrected chi connectivity index (χ1v) is 4.65. The van der Waals surface area contributed by atoms with Crippen molar-refractivity contribution < 1.29 is 19.3 Å². The third-order valence-corrected chi connectivity index (χ3v) is 2.15. The molecule has 1 aromatic rings. The highest BCUT2D eigenvalue weighted by atomic mass is 16.7. The number of rotatable bonds is 2. The van der Waals surface area contributed by atoms with Crippen molar-refractivity contribution >= 4 is 11.4 Å². The van der Waals surface area contributed by atoms with Gasteiger partial charge in [-0.25, -0.2) is 0 Å². The maximum atomic E-state index is 10.7. The SMILES string of the molecule is CC1(C)Oc2cc([N+](=O)[O-])c([N+](=O)[O-])cc2O1. The third-order valence-electron chi connectivity index (χ3n) is 2.15. The highest BCUT2D eigenvalue weighted by molar-refractivity contribution is 5.63. The van der Waals surface area contributed by atoms with Crippen LogP contribution in [-0.4, -0.2) is 15.6 Å². The fourth-order valence-corrected chi connectivity index (χ4v) is 1.54. The zero-order valence-electron chi connectivity index (χ0n) is 9.00. The van der Waals surface area contributed by atoms with Crippen LogP contribution in [0.4, 0.5) is 11.4 Å². The fraction of sp³-hybridized carbons (Fsp3) is 0.333. The van der Waals surface area contributed by atoms with Crippen LogP contribution in [0.25, 0.3) is 0 Å². The van der Waals surface area contributed by atoms with Crippen LogP contribution in [0.2, 0.25) is 0 Å². The molecule has 0 aliphatic carbocycles. The van der Waals surface area contributed by atoms with Crippen molar-refractivity contribution in [2.24, 2.45) is 0 Å². The Morgan fingerprint density at radius 3 is 1.65 bits per heavy atom. The van der Waals surface area contributed by atoms with Gasteiger partial charge in [0.15, 0.2) is 11.5 Å². The summed E-state index contributed by atoms with van der Waals surface area (Å²) in [5.74, 6) is -0.717. The predicted octanol–water partition coefficient (Wildman–Crippen LogP) is 2.01. The highest BCUT2D eigenvalue weighted by Gasteiger charge is 2.37. The summed E-state index contributed by atoms with van der Waals surface area (Å²) in [5.41, 5.74) is -1.23. The molecule has 0 atom stereocenters. The minimum atomic E-state index is -0.981. The van der Waals surface area contributed by atoms with Crippen molar-refractivity contribution in [2.75, 3.05) is 0 Å². The summed E-state index contributed by atoms with van der Waals surface area (Å²) in [6.07, 6.45) is 0. The summed E-state index contributed by atoms with van der Waals surface area (Å²) in [6.45, 7) is 3.20. The number of hydrogen-bond acceptors (Lipinski definition) is 6. The van der Waals surface area contributed by atoms with Crippen molar-refractivity contribution in [3.8, 4) is 11.5 Å². The number of hydrogen-bond donors (Lipinski definition) is 0. The second-order valence-electron chi connectivity index (χ2n) is 3.91. The van der Waals surface area contributed by atoms with Crippen LogP contribution in [0.5, 0.6) is 11.5 Å². The molecule has 1 aliphatic heterocycles. The number of benzene rings is 1. The molecule has 1 aromatic carbocycles. The first kappa shape index (κ1) is 11.1. The summed E-state index contributed by atoms with van der Waals surface area (Å²) in [6, 6.07) is 2.00. The van der Waals surface area contributed by atoms with E-state index < -0.39 is 27.0 Å². The van der Waals surface area contributed by atoms with Crippen LogP contribution < -0.4 is 9.47 Å². The molecule has 17 heavy (non-hydrogen) atoms. The molecule has 0 N–H and O–H groups in total. The molecule has 0 fully saturated rings. The van der Waals surface area contributed by atoms with Gasteiger partial charge in [-0.1, -0.05) is 0 Å². The summed E-state index contributed by atoms with van der Waals surface area (Å²) in [4.78, 5) is 19.7. The van der Waals surface area contributed by atoms with E-state index in [1.165, 1.54) is 0 Å². The molecular weight excluding hydrogens is 232 g/mol. The van der Waals surface area contributed by atoms with E-state index in [1.54, 1.807) is 13.8 Å². The van der Waals surface area contributed by atoms with Crippen LogP contribution in [0.3, 0.4) is 0 Å². The molecule has 90 valence electrons. The molecule has 0 aromatic heterocycles. The maximum Gasteiger partial charge on any atom is 0.350 e. The van der Waals surface area contributed by atoms with Gasteiger partial charge in [0.2, 0.25) is 5.79 Å². The van der Waals surface area contributed by atoms with Crippen LogP contribution in [-0.2, 0) is 0 Å². The minimum absolute atomic E-state index is 0.132. The van der Waals surface area contributed by atoms with E-state index in [0.717, 1.165) is 12.1 Å². The van der Waals surface area contributed by atoms with Crippen LogP contribution in [0.15, 0.2) is 12.1 Å². The van der Waals surface area contributed by atoms with Gasteiger partial charge in [-0.15, -0.1) is 0 Å². The Morgan fingerprint density at radius 1 is 1.00 bits per heavy atom. The second kappa shape index (κ2) is 3.30. The van der Waals surface area contributed by atoms with Crippen LogP contribution >= 0.6 is 0 Å². The van der Waals surface area contributed by atoms with Crippen molar-refractivity contribution in [1.29, 1.82) is 0 Å². The van der Waals surface area contributed by atoms with Gasteiger partial charge in [0.25, 0.3) is 0 Å². The molecule has 0 saturated heterocycles. The first-order chi connectivity index (χ1) is 7.80. The lowest BCUT2D eigenvalue weighted by atomic mass is 10.2. The van der Waals surface area contributed by atoms with Crippen LogP contribution in [0, 0.1) is 20.2 Å². The van der Waals surface area contributed by atoms with Gasteiger partial charge in [0.1, 0.15) is 0 Å². The van der Waals surface area contributed by atoms with Crippen molar-refractivity contribution in [2.45, 2.75) is 19.6 Å². The van der Waals surface area contributed by atoms with Gasteiger partial charge >= 0.3 is 11.4 Å². The largest absolute Gasteiger partial charge is 0.449 e. The molecule has 1 heterocycles. The monoisotopic (exact) mass is 240 g/mol. The van der Waals surface area contributed by atoms with Crippen molar-refractivity contribution in [3.05, 3.63) is 32.4 Å². The number of ether oxygens (including phenoxy) is 2. The zero-order valence-corrected chi connectivity index (χ0v) is 9.00. The summed E-state index contributed by atoms with van der Waals surface area (Å²) in [5, 5.41) is 21.4. The Morgan fingerprint density at radius 2 is 1.35 bits per heavy atom. The van der Waals surface area contributed by atoms with Gasteiger partial charge in [0.05, 0.1) is 22.0 Å². The minimum Gasteiger partial charge on any atom is -0.449 e. The lowest BCUT2D eigenvalue weighted by Crippen LogP contribution is -2.29. The first-order valence-electron chi connectivity index (χ1n) is 4.65. The van der Waals surface area contributed by atoms with E-state index in [9.17, 15) is 20.2 Å².